The molecule has 2 aliphatic heterocycles. The van der Waals surface area contributed by atoms with Crippen LogP contribution in [0.3, 0.4) is 0 Å². The molecule has 4 aliphatic carbocycles. The summed E-state index contributed by atoms with van der Waals surface area (Å²) in [4.78, 5) is 42.2. The number of rotatable bonds is 8. The Bertz CT molecular complexity index is 1810. The number of carbonyl (C=O) groups excluding carboxylic acids is 3. The molecule has 0 aromatic carbocycles. The molecule has 4 unspecified atom stereocenters. The van der Waals surface area contributed by atoms with E-state index in [1.54, 1.807) is 54.5 Å². The van der Waals surface area contributed by atoms with E-state index in [4.69, 9.17) is 14.2 Å². The number of allylic oxidation sites excluding steroid dienone is 4. The lowest BCUT2D eigenvalue weighted by molar-refractivity contribution is -0.260. The molecule has 6 aliphatic rings. The molecule has 0 spiro atoms. The van der Waals surface area contributed by atoms with Gasteiger partial charge < -0.3 is 50.2 Å². The Balaban J connectivity index is 1.19. The quantitative estimate of drug-likeness (QED) is 0.133. The zero-order valence-electron chi connectivity index (χ0n) is 40.6. The number of carbonyl (C=O) groups is 3. The normalized spacial score (nSPS) is 49.1. The van der Waals surface area contributed by atoms with Crippen molar-refractivity contribution >= 4 is 17.7 Å². The smallest absolute Gasteiger partial charge is 0.311 e. The van der Waals surface area contributed by atoms with E-state index in [1.807, 2.05) is 11.8 Å². The second-order valence-electron chi connectivity index (χ2n) is 22.0. The molecule has 1 amide bonds. The second-order valence-corrected chi connectivity index (χ2v) is 22.0. The maximum atomic E-state index is 17.7. The number of ketones is 1. The van der Waals surface area contributed by atoms with Crippen LogP contribution in [0.25, 0.3) is 0 Å². The van der Waals surface area contributed by atoms with Crippen molar-refractivity contribution in [3.63, 3.8) is 0 Å². The molecule has 3 saturated carbocycles. The Labute approximate surface area is 385 Å². The zero-order valence-corrected chi connectivity index (χ0v) is 40.6. The molecule has 65 heavy (non-hydrogen) atoms. The topological polar surface area (TPSA) is 216 Å². The summed E-state index contributed by atoms with van der Waals surface area (Å²) in [5.41, 5.74) is -9.09. The van der Waals surface area contributed by atoms with E-state index in [2.05, 4.69) is 5.32 Å². The van der Waals surface area contributed by atoms with Crippen molar-refractivity contribution in [1.29, 1.82) is 0 Å². The van der Waals surface area contributed by atoms with E-state index in [-0.39, 0.29) is 37.7 Å². The summed E-state index contributed by atoms with van der Waals surface area (Å²) in [5.74, 6) is -4.98. The number of ether oxygens (including phenoxy) is 3. The van der Waals surface area contributed by atoms with Gasteiger partial charge in [-0.3, -0.25) is 19.3 Å². The van der Waals surface area contributed by atoms with Gasteiger partial charge in [-0.15, -0.1) is 0 Å². The number of amides is 1. The molecule has 6 rings (SSSR count). The van der Waals surface area contributed by atoms with Crippen molar-refractivity contribution in [3.05, 3.63) is 23.8 Å². The highest BCUT2D eigenvalue weighted by molar-refractivity contribution is 6.01. The van der Waals surface area contributed by atoms with E-state index in [0.29, 0.717) is 57.2 Å². The number of aliphatic hydroxyl groups excluding tert-OH is 3. The number of halogens is 1. The molecule has 0 radical (unpaired) electrons. The summed E-state index contributed by atoms with van der Waals surface area (Å²) >= 11 is 0. The fraction of sp³-hybridized carbons (Fsp3) is 0.860. The zero-order chi connectivity index (χ0) is 48.2. The van der Waals surface area contributed by atoms with Crippen LogP contribution < -0.4 is 5.32 Å². The van der Waals surface area contributed by atoms with Gasteiger partial charge in [-0.1, -0.05) is 39.3 Å². The van der Waals surface area contributed by atoms with Crippen molar-refractivity contribution in [3.8, 4) is 0 Å². The van der Waals surface area contributed by atoms with Gasteiger partial charge in [0.25, 0.3) is 5.91 Å². The molecular formula is C50H81FN2O12. The standard InChI is InChI=1S/C50H81FN2O12/c1-11-38-48(10,61)41(57)32(6)53(23-13-20-47(9,60)42(65-39-16-12-15-29(3)63-39)30(4)40(56)31(5)43(58)64-38)24-14-22-52-44(59)50(62)28(2)25-36-35-18-17-33-26-34(54)19-21-45(33,7)49(35,51)37(55)27-46(36,50)8/h19,21,26,28-32,35-42,55-57,60-62H,11-18,20,22-25,27H2,1-10H3,(H,52,59)/t28-,29?,30+,31-,32-,35?,36?,37+,38-,39?,40+,41-,42-,45+,46+,47-,48-,49+,50+/m1/s1. The number of aliphatic hydroxyl groups is 6. The molecule has 15 heteroatoms. The highest BCUT2D eigenvalue weighted by atomic mass is 19.1. The first kappa shape index (κ1) is 52.0. The van der Waals surface area contributed by atoms with Crippen LogP contribution in [-0.2, 0) is 28.6 Å². The molecule has 0 aromatic heterocycles. The third-order valence-electron chi connectivity index (χ3n) is 17.8. The van der Waals surface area contributed by atoms with Crippen molar-refractivity contribution in [1.82, 2.24) is 10.2 Å². The van der Waals surface area contributed by atoms with Crippen molar-refractivity contribution in [2.75, 3.05) is 19.6 Å². The molecule has 2 saturated heterocycles. The number of fused-ring (bicyclic) bond motifs is 5. The van der Waals surface area contributed by atoms with Gasteiger partial charge in [0.1, 0.15) is 17.8 Å². The van der Waals surface area contributed by atoms with E-state index in [9.17, 15) is 45.0 Å². The summed E-state index contributed by atoms with van der Waals surface area (Å²) in [5, 5.41) is 74.8. The number of alkyl halides is 1. The van der Waals surface area contributed by atoms with E-state index in [1.165, 1.54) is 26.0 Å². The Morgan fingerprint density at radius 1 is 0.985 bits per heavy atom. The monoisotopic (exact) mass is 921 g/mol. The van der Waals surface area contributed by atoms with Crippen LogP contribution >= 0.6 is 0 Å². The molecule has 5 fully saturated rings. The molecule has 0 aromatic rings. The molecule has 7 N–H and O–H groups in total. The van der Waals surface area contributed by atoms with Gasteiger partial charge in [-0.05, 0) is 143 Å². The Kier molecular flexibility index (Phi) is 15.4. The number of cyclic esters (lactones) is 1. The summed E-state index contributed by atoms with van der Waals surface area (Å²) < 4.78 is 36.2. The fourth-order valence-electron chi connectivity index (χ4n) is 13.5. The lowest BCUT2D eigenvalue weighted by Gasteiger charge is -2.62. The highest BCUT2D eigenvalue weighted by Gasteiger charge is 2.75. The van der Waals surface area contributed by atoms with Gasteiger partial charge >= 0.3 is 5.97 Å². The third-order valence-corrected chi connectivity index (χ3v) is 17.8. The minimum absolute atomic E-state index is 0.0444. The fourth-order valence-corrected chi connectivity index (χ4v) is 13.5. The van der Waals surface area contributed by atoms with E-state index < -0.39 is 118 Å². The van der Waals surface area contributed by atoms with E-state index >= 15 is 4.39 Å². The SMILES string of the molecule is CC[C@H]1OC(=O)[C@H](C)[C@@H](O)[C@H](C)[C@@H](OC2CCCC(C)O2)[C@](C)(O)CCCN(CCCNC(=O)[C@@]2(O)[C@H](C)CC3C4CCC5=CC(=O)C=C[C@]5(C)[C@@]4(F)[C@@H](O)C[C@@]32C)[C@H](C)[C@@H](O)[C@]1(C)O. The number of esters is 1. The summed E-state index contributed by atoms with van der Waals surface area (Å²) in [6.07, 6.45) is 2.14. The minimum atomic E-state index is -2.09. The second kappa shape index (κ2) is 19.2. The number of hydrogen-bond donors (Lipinski definition) is 7. The van der Waals surface area contributed by atoms with Crippen molar-refractivity contribution in [2.45, 2.75) is 211 Å². The number of nitrogens with zero attached hydrogens (tertiary/aromatic N) is 1. The summed E-state index contributed by atoms with van der Waals surface area (Å²) in [7, 11) is 0. The van der Waals surface area contributed by atoms with Crippen LogP contribution in [-0.4, -0.2) is 144 Å². The summed E-state index contributed by atoms with van der Waals surface area (Å²) in [6.45, 7) is 17.9. The van der Waals surface area contributed by atoms with E-state index in [0.717, 1.165) is 12.8 Å². The molecular weight excluding hydrogens is 840 g/mol. The van der Waals surface area contributed by atoms with Gasteiger partial charge in [-0.25, -0.2) is 4.39 Å². The average Bonchev–Trinajstić information content (AvgIpc) is 3.45. The summed E-state index contributed by atoms with van der Waals surface area (Å²) in [6, 6.07) is -0.706. The first-order chi connectivity index (χ1) is 30.2. The van der Waals surface area contributed by atoms with Crippen LogP contribution in [0.1, 0.15) is 140 Å². The predicted molar refractivity (Wildman–Crippen MR) is 241 cm³/mol. The predicted octanol–water partition coefficient (Wildman–Crippen LogP) is 4.44. The molecule has 370 valence electrons. The van der Waals surface area contributed by atoms with Gasteiger partial charge in [-0.2, -0.15) is 0 Å². The maximum Gasteiger partial charge on any atom is 0.311 e. The van der Waals surface area contributed by atoms with Crippen LogP contribution in [0, 0.1) is 40.4 Å². The van der Waals surface area contributed by atoms with Gasteiger partial charge in [0.2, 0.25) is 0 Å². The van der Waals surface area contributed by atoms with Gasteiger partial charge in [0.05, 0.1) is 35.9 Å². The molecule has 2 heterocycles. The lowest BCUT2D eigenvalue weighted by atomic mass is 9.44. The third kappa shape index (κ3) is 9.06. The van der Waals surface area contributed by atoms with Crippen LogP contribution in [0.15, 0.2) is 23.8 Å². The molecule has 0 bridgehead atoms. The maximum absolute atomic E-state index is 17.7. The lowest BCUT2D eigenvalue weighted by Crippen LogP contribution is -2.70. The van der Waals surface area contributed by atoms with Crippen molar-refractivity contribution in [2.24, 2.45) is 40.4 Å². The Hall–Kier alpha value is -2.34. The van der Waals surface area contributed by atoms with Gasteiger partial charge in [0, 0.05) is 41.8 Å². The molecule has 19 atom stereocenters. The average molecular weight is 921 g/mol. The minimum Gasteiger partial charge on any atom is -0.459 e. The largest absolute Gasteiger partial charge is 0.459 e. The molecule has 14 nitrogen and oxygen atoms in total. The Morgan fingerprint density at radius 3 is 2.34 bits per heavy atom. The van der Waals surface area contributed by atoms with Crippen LogP contribution in [0.5, 0.6) is 0 Å². The van der Waals surface area contributed by atoms with Crippen molar-refractivity contribution < 1.29 is 63.6 Å². The van der Waals surface area contributed by atoms with Gasteiger partial charge in [0.15, 0.2) is 23.3 Å². The first-order valence-corrected chi connectivity index (χ1v) is 24.6. The number of nitrogens with one attached hydrogen (secondary N) is 1. The highest BCUT2D eigenvalue weighted by Crippen LogP contribution is 2.70. The first-order valence-electron chi connectivity index (χ1n) is 24.6. The number of hydrogen-bond acceptors (Lipinski definition) is 13. The van der Waals surface area contributed by atoms with Crippen LogP contribution in [0.2, 0.25) is 0 Å². The Morgan fingerprint density at radius 2 is 1.68 bits per heavy atom. The van der Waals surface area contributed by atoms with Crippen LogP contribution in [0.4, 0.5) is 4.39 Å².